The first kappa shape index (κ1) is 17.9. The minimum atomic E-state index is -4.74. The maximum atomic E-state index is 12.4. The molecule has 3 rings (SSSR count). The van der Waals surface area contributed by atoms with E-state index in [1.165, 1.54) is 18.2 Å². The smallest absolute Gasteiger partial charge is 0.406 e. The number of benzene rings is 1. The van der Waals surface area contributed by atoms with Gasteiger partial charge in [0.25, 0.3) is 0 Å². The van der Waals surface area contributed by atoms with Crippen LogP contribution in [-0.2, 0) is 0 Å². The van der Waals surface area contributed by atoms with E-state index < -0.39 is 6.36 Å². The summed E-state index contributed by atoms with van der Waals surface area (Å²) in [5.41, 5.74) is 7.18. The van der Waals surface area contributed by atoms with Crippen molar-refractivity contribution in [2.24, 2.45) is 5.73 Å². The molecule has 0 unspecified atom stereocenters. The molecule has 0 aliphatic heterocycles. The zero-order chi connectivity index (χ0) is 18.6. The molecule has 2 aromatic heterocycles. The Labute approximate surface area is 148 Å². The summed E-state index contributed by atoms with van der Waals surface area (Å²) in [7, 11) is 0. The zero-order valence-electron chi connectivity index (χ0n) is 13.8. The Balaban J connectivity index is 1.89. The third kappa shape index (κ3) is 4.60. The van der Waals surface area contributed by atoms with Crippen molar-refractivity contribution in [1.29, 1.82) is 0 Å². The largest absolute Gasteiger partial charge is 0.573 e. The van der Waals surface area contributed by atoms with Gasteiger partial charge in [0.2, 0.25) is 0 Å². The van der Waals surface area contributed by atoms with Crippen LogP contribution in [0, 0.1) is 0 Å². The van der Waals surface area contributed by atoms with Gasteiger partial charge < -0.3 is 15.8 Å². The van der Waals surface area contributed by atoms with Crippen molar-refractivity contribution >= 4 is 16.7 Å². The Kier molecular flexibility index (Phi) is 5.22. The van der Waals surface area contributed by atoms with Crippen molar-refractivity contribution in [2.75, 3.05) is 18.4 Å². The lowest BCUT2D eigenvalue weighted by Gasteiger charge is -2.10. The van der Waals surface area contributed by atoms with Crippen LogP contribution in [0.5, 0.6) is 5.75 Å². The fraction of sp³-hybridized carbons (Fsp3) is 0.222. The van der Waals surface area contributed by atoms with E-state index in [1.807, 2.05) is 12.1 Å². The van der Waals surface area contributed by atoms with Gasteiger partial charge in [0.05, 0.1) is 11.2 Å². The Morgan fingerprint density at radius 2 is 1.96 bits per heavy atom. The lowest BCUT2D eigenvalue weighted by molar-refractivity contribution is -0.274. The van der Waals surface area contributed by atoms with Crippen molar-refractivity contribution in [1.82, 2.24) is 9.97 Å². The summed E-state index contributed by atoms with van der Waals surface area (Å²) in [4.78, 5) is 8.82. The average molecular weight is 362 g/mol. The molecule has 0 fully saturated rings. The van der Waals surface area contributed by atoms with E-state index in [4.69, 9.17) is 5.73 Å². The molecule has 0 saturated heterocycles. The number of alkyl halides is 3. The maximum absolute atomic E-state index is 12.4. The van der Waals surface area contributed by atoms with E-state index >= 15 is 0 Å². The molecule has 2 heterocycles. The van der Waals surface area contributed by atoms with Gasteiger partial charge in [-0.05, 0) is 43.3 Å². The van der Waals surface area contributed by atoms with Gasteiger partial charge in [0, 0.05) is 23.7 Å². The number of nitrogens with one attached hydrogen (secondary N) is 1. The van der Waals surface area contributed by atoms with E-state index in [0.29, 0.717) is 35.7 Å². The molecule has 0 aliphatic rings. The van der Waals surface area contributed by atoms with E-state index in [9.17, 15) is 13.2 Å². The Morgan fingerprint density at radius 1 is 1.12 bits per heavy atom. The molecule has 5 nitrogen and oxygen atoms in total. The number of pyridine rings is 2. The molecule has 0 amide bonds. The molecule has 3 N–H and O–H groups in total. The second-order valence-corrected chi connectivity index (χ2v) is 5.60. The molecule has 0 atom stereocenters. The predicted octanol–water partition coefficient (Wildman–Crippen LogP) is 3.96. The topological polar surface area (TPSA) is 73.1 Å². The van der Waals surface area contributed by atoms with Gasteiger partial charge in [0.1, 0.15) is 11.6 Å². The first-order chi connectivity index (χ1) is 12.4. The highest BCUT2D eigenvalue weighted by Crippen LogP contribution is 2.28. The number of rotatable bonds is 6. The Hall–Kier alpha value is -2.87. The number of nitrogens with zero attached hydrogens (tertiary/aromatic N) is 2. The van der Waals surface area contributed by atoms with Crippen LogP contribution in [0.2, 0.25) is 0 Å². The summed E-state index contributed by atoms with van der Waals surface area (Å²) in [6.07, 6.45) is -2.27. The average Bonchev–Trinajstić information content (AvgIpc) is 2.60. The lowest BCUT2D eigenvalue weighted by atomic mass is 10.1. The number of nitrogens with two attached hydrogens (primary N) is 1. The summed E-state index contributed by atoms with van der Waals surface area (Å²) >= 11 is 0. The van der Waals surface area contributed by atoms with Gasteiger partial charge in [-0.15, -0.1) is 13.2 Å². The van der Waals surface area contributed by atoms with Crippen LogP contribution >= 0.6 is 0 Å². The molecule has 26 heavy (non-hydrogen) atoms. The molecule has 1 aromatic carbocycles. The monoisotopic (exact) mass is 362 g/mol. The van der Waals surface area contributed by atoms with E-state index in [2.05, 4.69) is 20.0 Å². The predicted molar refractivity (Wildman–Crippen MR) is 93.8 cm³/mol. The van der Waals surface area contributed by atoms with Crippen LogP contribution in [0.4, 0.5) is 19.0 Å². The van der Waals surface area contributed by atoms with E-state index in [-0.39, 0.29) is 5.75 Å². The van der Waals surface area contributed by atoms with Crippen LogP contribution in [0.1, 0.15) is 6.42 Å². The highest BCUT2D eigenvalue weighted by atomic mass is 19.4. The first-order valence-corrected chi connectivity index (χ1v) is 8.01. The second kappa shape index (κ2) is 7.57. The highest BCUT2D eigenvalue weighted by Gasteiger charge is 2.31. The summed E-state index contributed by atoms with van der Waals surface area (Å²) in [6.45, 7) is 1.30. The quantitative estimate of drug-likeness (QED) is 0.650. The fourth-order valence-corrected chi connectivity index (χ4v) is 2.44. The molecular weight excluding hydrogens is 345 g/mol. The number of ether oxygens (including phenoxy) is 1. The summed E-state index contributed by atoms with van der Waals surface area (Å²) in [5, 5.41) is 4.01. The van der Waals surface area contributed by atoms with Crippen molar-refractivity contribution in [3.8, 4) is 17.0 Å². The molecule has 0 bridgehead atoms. The van der Waals surface area contributed by atoms with E-state index in [1.54, 1.807) is 18.3 Å². The van der Waals surface area contributed by atoms with Crippen molar-refractivity contribution in [3.05, 3.63) is 48.7 Å². The number of aromatic nitrogens is 2. The van der Waals surface area contributed by atoms with Crippen molar-refractivity contribution < 1.29 is 17.9 Å². The van der Waals surface area contributed by atoms with Crippen LogP contribution in [0.25, 0.3) is 22.2 Å². The van der Waals surface area contributed by atoms with Gasteiger partial charge >= 0.3 is 6.36 Å². The Bertz CT molecular complexity index is 899. The Morgan fingerprint density at radius 3 is 2.73 bits per heavy atom. The van der Waals surface area contributed by atoms with Crippen LogP contribution < -0.4 is 15.8 Å². The second-order valence-electron chi connectivity index (χ2n) is 5.60. The zero-order valence-corrected chi connectivity index (χ0v) is 13.8. The minimum absolute atomic E-state index is 0.290. The maximum Gasteiger partial charge on any atom is 0.573 e. The van der Waals surface area contributed by atoms with Crippen molar-refractivity contribution in [3.63, 3.8) is 0 Å². The lowest BCUT2D eigenvalue weighted by Crippen LogP contribution is -2.17. The van der Waals surface area contributed by atoms with Crippen LogP contribution in [0.3, 0.4) is 0 Å². The normalized spacial score (nSPS) is 11.5. The van der Waals surface area contributed by atoms with Gasteiger partial charge in [-0.25, -0.2) is 4.98 Å². The minimum Gasteiger partial charge on any atom is -0.406 e. The number of fused-ring (bicyclic) bond motifs is 1. The van der Waals surface area contributed by atoms with E-state index in [0.717, 1.165) is 11.8 Å². The third-order valence-corrected chi connectivity index (χ3v) is 3.62. The van der Waals surface area contributed by atoms with Gasteiger partial charge in [-0.2, -0.15) is 0 Å². The summed E-state index contributed by atoms with van der Waals surface area (Å²) in [5.74, 6) is 0.416. The van der Waals surface area contributed by atoms with Crippen molar-refractivity contribution in [2.45, 2.75) is 12.8 Å². The molecule has 3 aromatic rings. The molecular formula is C18H17F3N4O. The fourth-order valence-electron chi connectivity index (χ4n) is 2.44. The molecule has 0 radical (unpaired) electrons. The molecule has 0 saturated carbocycles. The van der Waals surface area contributed by atoms with Crippen LogP contribution in [-0.4, -0.2) is 29.4 Å². The van der Waals surface area contributed by atoms with Gasteiger partial charge in [-0.3, -0.25) is 4.98 Å². The third-order valence-electron chi connectivity index (χ3n) is 3.62. The number of hydrogen-bond donors (Lipinski definition) is 2. The molecule has 8 heteroatoms. The van der Waals surface area contributed by atoms with Crippen LogP contribution in [0.15, 0.2) is 48.7 Å². The molecule has 0 aliphatic carbocycles. The number of halogens is 3. The SMILES string of the molecule is NCCCNc1ccc2cnc(-c3cccc(OC(F)(F)F)c3)cc2n1. The number of anilines is 1. The molecule has 136 valence electrons. The molecule has 0 spiro atoms. The summed E-state index contributed by atoms with van der Waals surface area (Å²) in [6, 6.07) is 11.2. The first-order valence-electron chi connectivity index (χ1n) is 8.01. The standard InChI is InChI=1S/C18H17F3N4O/c19-18(20,21)26-14-4-1-3-12(9-14)15-10-16-13(11-24-15)5-6-17(25-16)23-8-2-7-22/h1,3-6,9-11H,2,7-8,22H2,(H,23,25). The summed E-state index contributed by atoms with van der Waals surface area (Å²) < 4.78 is 41.1. The van der Waals surface area contributed by atoms with Gasteiger partial charge in [-0.1, -0.05) is 12.1 Å². The van der Waals surface area contributed by atoms with Gasteiger partial charge in [0.15, 0.2) is 0 Å². The highest BCUT2D eigenvalue weighted by molar-refractivity contribution is 5.83. The number of hydrogen-bond acceptors (Lipinski definition) is 5.